The maximum absolute atomic E-state index is 12.1. The lowest BCUT2D eigenvalue weighted by atomic mass is 10.0. The van der Waals surface area contributed by atoms with Crippen LogP contribution in [-0.4, -0.2) is 22.6 Å². The van der Waals surface area contributed by atoms with Gasteiger partial charge >= 0.3 is 0 Å². The Kier molecular flexibility index (Phi) is 3.50. The predicted octanol–water partition coefficient (Wildman–Crippen LogP) is 1.84. The molecule has 2 aromatic rings. The second-order valence-corrected chi connectivity index (χ2v) is 5.19. The summed E-state index contributed by atoms with van der Waals surface area (Å²) in [5, 5.41) is 6.65. The van der Waals surface area contributed by atoms with Crippen molar-refractivity contribution < 1.29 is 9.32 Å². The van der Waals surface area contributed by atoms with Gasteiger partial charge in [0.2, 0.25) is 12.3 Å². The summed E-state index contributed by atoms with van der Waals surface area (Å²) in [7, 11) is 0. The number of rotatable bonds is 5. The summed E-state index contributed by atoms with van der Waals surface area (Å²) in [6.07, 6.45) is 2.84. The zero-order valence-corrected chi connectivity index (χ0v) is 11.4. The number of hydrogen-bond donors (Lipinski definition) is 1. The molecule has 0 saturated heterocycles. The lowest BCUT2D eigenvalue weighted by molar-refractivity contribution is -0.122. The average Bonchev–Trinajstić information content (AvgIpc) is 3.07. The molecule has 2 atom stereocenters. The van der Waals surface area contributed by atoms with Crippen molar-refractivity contribution in [3.63, 3.8) is 0 Å². The van der Waals surface area contributed by atoms with E-state index in [9.17, 15) is 4.79 Å². The van der Waals surface area contributed by atoms with Gasteiger partial charge in [-0.3, -0.25) is 4.79 Å². The van der Waals surface area contributed by atoms with Crippen LogP contribution in [0.2, 0.25) is 0 Å². The SMILES string of the molecule is Cc1ccccc1[C@@H]1C[C@H]1C(=O)NCCc1ncon1. The van der Waals surface area contributed by atoms with E-state index in [0.29, 0.717) is 24.7 Å². The highest BCUT2D eigenvalue weighted by molar-refractivity contribution is 5.83. The van der Waals surface area contributed by atoms with Crippen molar-refractivity contribution in [2.45, 2.75) is 25.7 Å². The first-order valence-electron chi connectivity index (χ1n) is 6.84. The molecule has 0 bridgehead atoms. The molecule has 5 nitrogen and oxygen atoms in total. The van der Waals surface area contributed by atoms with Crippen molar-refractivity contribution in [1.29, 1.82) is 0 Å². The van der Waals surface area contributed by atoms with Gasteiger partial charge in [0.15, 0.2) is 5.82 Å². The Morgan fingerprint density at radius 2 is 2.30 bits per heavy atom. The van der Waals surface area contributed by atoms with Crippen LogP contribution >= 0.6 is 0 Å². The Bertz CT molecular complexity index is 595. The fraction of sp³-hybridized carbons (Fsp3) is 0.400. The van der Waals surface area contributed by atoms with E-state index in [-0.39, 0.29) is 11.8 Å². The summed E-state index contributed by atoms with van der Waals surface area (Å²) < 4.78 is 4.65. The van der Waals surface area contributed by atoms with E-state index in [1.807, 2.05) is 12.1 Å². The smallest absolute Gasteiger partial charge is 0.223 e. The second-order valence-electron chi connectivity index (χ2n) is 5.19. The largest absolute Gasteiger partial charge is 0.355 e. The Balaban J connectivity index is 1.49. The fourth-order valence-corrected chi connectivity index (χ4v) is 2.56. The number of nitrogens with zero attached hydrogens (tertiary/aromatic N) is 2. The van der Waals surface area contributed by atoms with Gasteiger partial charge in [-0.05, 0) is 30.4 Å². The van der Waals surface area contributed by atoms with Crippen molar-refractivity contribution in [3.05, 3.63) is 47.6 Å². The normalized spacial score (nSPS) is 20.6. The molecule has 1 heterocycles. The van der Waals surface area contributed by atoms with Gasteiger partial charge in [-0.1, -0.05) is 29.4 Å². The summed E-state index contributed by atoms with van der Waals surface area (Å²) in [5.41, 5.74) is 2.56. The van der Waals surface area contributed by atoms with Crippen LogP contribution in [0.4, 0.5) is 0 Å². The quantitative estimate of drug-likeness (QED) is 0.901. The van der Waals surface area contributed by atoms with Crippen LogP contribution in [-0.2, 0) is 11.2 Å². The standard InChI is InChI=1S/C15H17N3O2/c1-10-4-2-3-5-11(10)12-8-13(12)15(19)16-7-6-14-17-9-20-18-14/h2-5,9,12-13H,6-8H2,1H3,(H,16,19)/t12-,13+/m0/s1. The molecule has 1 fully saturated rings. The van der Waals surface area contributed by atoms with E-state index in [1.165, 1.54) is 17.5 Å². The lowest BCUT2D eigenvalue weighted by Gasteiger charge is -2.05. The van der Waals surface area contributed by atoms with Crippen molar-refractivity contribution in [1.82, 2.24) is 15.5 Å². The van der Waals surface area contributed by atoms with E-state index in [1.54, 1.807) is 0 Å². The first-order valence-corrected chi connectivity index (χ1v) is 6.84. The molecule has 3 rings (SSSR count). The molecule has 1 aliphatic rings. The first-order chi connectivity index (χ1) is 9.75. The molecule has 5 heteroatoms. The fourth-order valence-electron chi connectivity index (χ4n) is 2.56. The number of aromatic nitrogens is 2. The van der Waals surface area contributed by atoms with Gasteiger partial charge in [0.1, 0.15) is 0 Å². The number of aryl methyl sites for hydroxylation is 1. The summed E-state index contributed by atoms with van der Waals surface area (Å²) in [6, 6.07) is 8.28. The molecule has 20 heavy (non-hydrogen) atoms. The molecule has 1 N–H and O–H groups in total. The van der Waals surface area contributed by atoms with E-state index in [4.69, 9.17) is 0 Å². The van der Waals surface area contributed by atoms with Crippen molar-refractivity contribution in [2.24, 2.45) is 5.92 Å². The second kappa shape index (κ2) is 5.45. The summed E-state index contributed by atoms with van der Waals surface area (Å²) in [5.74, 6) is 1.24. The molecular weight excluding hydrogens is 254 g/mol. The third-order valence-electron chi connectivity index (χ3n) is 3.77. The van der Waals surface area contributed by atoms with Gasteiger partial charge in [0.25, 0.3) is 0 Å². The van der Waals surface area contributed by atoms with Gasteiger partial charge in [-0.25, -0.2) is 0 Å². The molecule has 104 valence electrons. The van der Waals surface area contributed by atoms with Crippen LogP contribution < -0.4 is 5.32 Å². The van der Waals surface area contributed by atoms with Crippen LogP contribution in [0.5, 0.6) is 0 Å². The van der Waals surface area contributed by atoms with Crippen molar-refractivity contribution in [2.75, 3.05) is 6.54 Å². The third-order valence-corrected chi connectivity index (χ3v) is 3.77. The van der Waals surface area contributed by atoms with E-state index in [2.05, 4.69) is 39.0 Å². The number of benzene rings is 1. The van der Waals surface area contributed by atoms with Crippen LogP contribution in [0.15, 0.2) is 35.2 Å². The van der Waals surface area contributed by atoms with Gasteiger partial charge in [-0.15, -0.1) is 0 Å². The van der Waals surface area contributed by atoms with Crippen LogP contribution in [0.1, 0.15) is 29.3 Å². The molecule has 0 radical (unpaired) electrons. The maximum Gasteiger partial charge on any atom is 0.223 e. The van der Waals surface area contributed by atoms with Gasteiger partial charge in [0, 0.05) is 18.9 Å². The van der Waals surface area contributed by atoms with Crippen LogP contribution in [0.25, 0.3) is 0 Å². The minimum Gasteiger partial charge on any atom is -0.355 e. The van der Waals surface area contributed by atoms with Gasteiger partial charge in [0.05, 0.1) is 0 Å². The van der Waals surface area contributed by atoms with Crippen LogP contribution in [0, 0.1) is 12.8 Å². The number of hydrogen-bond acceptors (Lipinski definition) is 4. The topological polar surface area (TPSA) is 68.0 Å². The number of carbonyl (C=O) groups excluding carboxylic acids is 1. The number of nitrogens with one attached hydrogen (secondary N) is 1. The molecule has 1 aromatic carbocycles. The van der Waals surface area contributed by atoms with E-state index in [0.717, 1.165) is 6.42 Å². The van der Waals surface area contributed by atoms with Crippen LogP contribution in [0.3, 0.4) is 0 Å². The Labute approximate surface area is 117 Å². The minimum atomic E-state index is 0.112. The highest BCUT2D eigenvalue weighted by atomic mass is 16.5. The maximum atomic E-state index is 12.1. The highest BCUT2D eigenvalue weighted by Gasteiger charge is 2.44. The number of amides is 1. The van der Waals surface area contributed by atoms with E-state index < -0.39 is 0 Å². The highest BCUT2D eigenvalue weighted by Crippen LogP contribution is 2.48. The molecular formula is C15H17N3O2. The number of carbonyl (C=O) groups is 1. The first kappa shape index (κ1) is 12.8. The predicted molar refractivity (Wildman–Crippen MR) is 73.0 cm³/mol. The summed E-state index contributed by atoms with van der Waals surface area (Å²) in [4.78, 5) is 16.0. The Morgan fingerprint density at radius 1 is 1.45 bits per heavy atom. The molecule has 1 saturated carbocycles. The minimum absolute atomic E-state index is 0.112. The Morgan fingerprint density at radius 3 is 3.05 bits per heavy atom. The summed E-state index contributed by atoms with van der Waals surface area (Å²) >= 11 is 0. The molecule has 0 unspecified atom stereocenters. The zero-order chi connectivity index (χ0) is 13.9. The van der Waals surface area contributed by atoms with Crippen molar-refractivity contribution >= 4 is 5.91 Å². The van der Waals surface area contributed by atoms with E-state index >= 15 is 0 Å². The lowest BCUT2D eigenvalue weighted by Crippen LogP contribution is -2.27. The zero-order valence-electron chi connectivity index (χ0n) is 11.4. The molecule has 0 spiro atoms. The average molecular weight is 271 g/mol. The summed E-state index contributed by atoms with van der Waals surface area (Å²) in [6.45, 7) is 2.65. The molecule has 1 aromatic heterocycles. The van der Waals surface area contributed by atoms with Gasteiger partial charge < -0.3 is 9.84 Å². The van der Waals surface area contributed by atoms with Crippen molar-refractivity contribution in [3.8, 4) is 0 Å². The molecule has 1 amide bonds. The van der Waals surface area contributed by atoms with Gasteiger partial charge in [-0.2, -0.15) is 4.98 Å². The third kappa shape index (κ3) is 2.71. The molecule has 0 aliphatic heterocycles. The Hall–Kier alpha value is -2.17. The molecule has 1 aliphatic carbocycles. The monoisotopic (exact) mass is 271 g/mol.